The lowest BCUT2D eigenvalue weighted by Crippen LogP contribution is -2.63. The fourth-order valence-electron chi connectivity index (χ4n) is 4.68. The third-order valence-electron chi connectivity index (χ3n) is 6.35. The third-order valence-corrected chi connectivity index (χ3v) is 8.38. The average molecular weight is 594 g/mol. The van der Waals surface area contributed by atoms with Crippen LogP contribution in [-0.4, -0.2) is 59.9 Å². The summed E-state index contributed by atoms with van der Waals surface area (Å²) in [6.07, 6.45) is 2.23. The molecule has 0 bridgehead atoms. The Balaban J connectivity index is 1.51. The minimum absolute atomic E-state index is 0.358. The molecule has 8 nitrogen and oxygen atoms in total. The largest absolute Gasteiger partial charge is 0.494 e. The summed E-state index contributed by atoms with van der Waals surface area (Å²) in [5.41, 5.74) is 2.82. The Morgan fingerprint density at radius 2 is 2.06 bits per heavy atom. The summed E-state index contributed by atoms with van der Waals surface area (Å²) in [7, 11) is 1.59. The Bertz CT molecular complexity index is 1280. The van der Waals surface area contributed by atoms with E-state index in [0.29, 0.717) is 34.3 Å². The fraction of sp³-hybridized carbons (Fsp3) is 0.375. The second-order valence-corrected chi connectivity index (χ2v) is 10.3. The van der Waals surface area contributed by atoms with Crippen LogP contribution in [0.25, 0.3) is 10.9 Å². The highest BCUT2D eigenvalue weighted by Gasteiger charge is 2.54. The van der Waals surface area contributed by atoms with Gasteiger partial charge in [0.05, 0.1) is 29.9 Å². The molecule has 10 heteroatoms. The molecule has 0 radical (unpaired) electrons. The van der Waals surface area contributed by atoms with Gasteiger partial charge in [0.2, 0.25) is 0 Å². The zero-order valence-electron chi connectivity index (χ0n) is 19.2. The number of nitrogens with one attached hydrogen (secondary N) is 1. The maximum atomic E-state index is 12.9. The smallest absolute Gasteiger partial charge is 0.415 e. The number of ether oxygens (including phenoxy) is 2. The summed E-state index contributed by atoms with van der Waals surface area (Å²) >= 11 is 8.50. The van der Waals surface area contributed by atoms with Crippen LogP contribution in [0.15, 0.2) is 30.6 Å². The normalized spacial score (nSPS) is 17.2. The van der Waals surface area contributed by atoms with Gasteiger partial charge in [-0.3, -0.25) is 9.80 Å². The Morgan fingerprint density at radius 1 is 1.26 bits per heavy atom. The SMILES string of the molecule is CCCN1CC2(C1)CN(c1cc3c(Nc4ccc(Cl)c(I)c4C)ncnc3cc1OC)C(=O)O2. The van der Waals surface area contributed by atoms with Crippen molar-refractivity contribution in [3.63, 3.8) is 0 Å². The number of likely N-dealkylation sites (tertiary alicyclic amines) is 1. The molecule has 3 aromatic rings. The number of hydrogen-bond acceptors (Lipinski definition) is 7. The summed E-state index contributed by atoms with van der Waals surface area (Å²) in [5, 5.41) is 4.89. The highest BCUT2D eigenvalue weighted by molar-refractivity contribution is 14.1. The number of amides is 1. The molecule has 1 aromatic heterocycles. The Morgan fingerprint density at radius 3 is 2.79 bits per heavy atom. The first kappa shape index (κ1) is 23.4. The molecule has 34 heavy (non-hydrogen) atoms. The molecule has 0 aliphatic carbocycles. The van der Waals surface area contributed by atoms with Crippen LogP contribution in [0.4, 0.5) is 22.0 Å². The van der Waals surface area contributed by atoms with E-state index in [2.05, 4.69) is 49.7 Å². The number of rotatable bonds is 6. The number of carbonyl (C=O) groups excluding carboxylic acids is 1. The van der Waals surface area contributed by atoms with E-state index in [1.54, 1.807) is 12.0 Å². The van der Waals surface area contributed by atoms with Gasteiger partial charge in [0.15, 0.2) is 5.60 Å². The van der Waals surface area contributed by atoms with Crippen molar-refractivity contribution in [1.29, 1.82) is 0 Å². The van der Waals surface area contributed by atoms with Crippen LogP contribution in [-0.2, 0) is 4.74 Å². The molecule has 2 fully saturated rings. The quantitative estimate of drug-likeness (QED) is 0.385. The number of carbonyl (C=O) groups is 1. The summed E-state index contributed by atoms with van der Waals surface area (Å²) in [6.45, 7) is 7.16. The van der Waals surface area contributed by atoms with E-state index in [1.807, 2.05) is 31.2 Å². The van der Waals surface area contributed by atoms with Crippen LogP contribution in [0.5, 0.6) is 5.75 Å². The molecular weight excluding hydrogens is 569 g/mol. The van der Waals surface area contributed by atoms with Crippen molar-refractivity contribution in [2.75, 3.05) is 43.5 Å². The molecular formula is C24H25ClIN5O3. The number of fused-ring (bicyclic) bond motifs is 1. The van der Waals surface area contributed by atoms with Crippen LogP contribution in [0, 0.1) is 10.5 Å². The lowest BCUT2D eigenvalue weighted by molar-refractivity contribution is -0.0720. The standard InChI is InChI=1S/C24H25ClIN5O3/c1-4-7-30-10-24(11-30)12-31(23(32)34-24)19-8-15-18(9-20(19)33-3)27-13-28-22(15)29-17-6-5-16(25)21(26)14(17)2/h5-6,8-9,13H,4,7,10-12H2,1-3H3,(H,27,28,29). The number of halogens is 2. The maximum Gasteiger partial charge on any atom is 0.415 e. The number of methoxy groups -OCH3 is 1. The molecule has 3 heterocycles. The van der Waals surface area contributed by atoms with Gasteiger partial charge < -0.3 is 14.8 Å². The van der Waals surface area contributed by atoms with E-state index in [4.69, 9.17) is 21.1 Å². The Kier molecular flexibility index (Phi) is 6.19. The van der Waals surface area contributed by atoms with Gasteiger partial charge in [-0.15, -0.1) is 0 Å². The lowest BCUT2D eigenvalue weighted by Gasteiger charge is -2.45. The van der Waals surface area contributed by atoms with Gasteiger partial charge in [-0.25, -0.2) is 14.8 Å². The topological polar surface area (TPSA) is 79.8 Å². The van der Waals surface area contributed by atoms with Gasteiger partial charge in [0.25, 0.3) is 0 Å². The molecule has 2 aliphatic heterocycles. The predicted molar refractivity (Wildman–Crippen MR) is 142 cm³/mol. The molecule has 2 aliphatic rings. The highest BCUT2D eigenvalue weighted by Crippen LogP contribution is 2.41. The molecule has 1 N–H and O–H groups in total. The van der Waals surface area contributed by atoms with Crippen molar-refractivity contribution < 1.29 is 14.3 Å². The molecule has 1 amide bonds. The zero-order chi connectivity index (χ0) is 24.0. The summed E-state index contributed by atoms with van der Waals surface area (Å²) < 4.78 is 12.5. The van der Waals surface area contributed by atoms with Crippen molar-refractivity contribution in [3.8, 4) is 5.75 Å². The number of anilines is 3. The van der Waals surface area contributed by atoms with Crippen molar-refractivity contribution >= 4 is 68.4 Å². The van der Waals surface area contributed by atoms with Crippen LogP contribution in [0.3, 0.4) is 0 Å². The monoisotopic (exact) mass is 593 g/mol. The van der Waals surface area contributed by atoms with Crippen LogP contribution >= 0.6 is 34.2 Å². The minimum atomic E-state index is -0.461. The molecule has 2 aromatic carbocycles. The van der Waals surface area contributed by atoms with Gasteiger partial charge in [0, 0.05) is 33.8 Å². The third kappa shape index (κ3) is 4.03. The second-order valence-electron chi connectivity index (χ2n) is 8.77. The van der Waals surface area contributed by atoms with E-state index < -0.39 is 5.60 Å². The number of benzene rings is 2. The van der Waals surface area contributed by atoms with Crippen molar-refractivity contribution in [3.05, 3.63) is 44.7 Å². The fourth-order valence-corrected chi connectivity index (χ4v) is 5.35. The van der Waals surface area contributed by atoms with Crippen molar-refractivity contribution in [1.82, 2.24) is 14.9 Å². The Hall–Kier alpha value is -2.37. The maximum absolute atomic E-state index is 12.9. The van der Waals surface area contributed by atoms with E-state index in [0.717, 1.165) is 46.3 Å². The predicted octanol–water partition coefficient (Wildman–Crippen LogP) is 5.37. The highest BCUT2D eigenvalue weighted by atomic mass is 127. The van der Waals surface area contributed by atoms with Crippen LogP contribution in [0.2, 0.25) is 5.02 Å². The van der Waals surface area contributed by atoms with Crippen LogP contribution in [0.1, 0.15) is 18.9 Å². The van der Waals surface area contributed by atoms with Crippen molar-refractivity contribution in [2.45, 2.75) is 25.9 Å². The van der Waals surface area contributed by atoms with Gasteiger partial charge in [-0.2, -0.15) is 0 Å². The summed E-state index contributed by atoms with van der Waals surface area (Å²) in [6, 6.07) is 7.52. The van der Waals surface area contributed by atoms with Gasteiger partial charge in [-0.1, -0.05) is 18.5 Å². The molecule has 178 valence electrons. The molecule has 0 atom stereocenters. The average Bonchev–Trinajstić information content (AvgIpc) is 3.15. The molecule has 5 rings (SSSR count). The van der Waals surface area contributed by atoms with E-state index in [9.17, 15) is 4.79 Å². The first-order chi connectivity index (χ1) is 16.3. The van der Waals surface area contributed by atoms with E-state index in [1.165, 1.54) is 6.33 Å². The molecule has 0 unspecified atom stereocenters. The first-order valence-electron chi connectivity index (χ1n) is 11.1. The lowest BCUT2D eigenvalue weighted by atomic mass is 9.93. The van der Waals surface area contributed by atoms with Crippen molar-refractivity contribution in [2.24, 2.45) is 0 Å². The first-order valence-corrected chi connectivity index (χ1v) is 12.6. The van der Waals surface area contributed by atoms with E-state index >= 15 is 0 Å². The van der Waals surface area contributed by atoms with Gasteiger partial charge in [0.1, 0.15) is 17.9 Å². The number of nitrogens with zero attached hydrogens (tertiary/aromatic N) is 4. The zero-order valence-corrected chi connectivity index (χ0v) is 22.1. The second kappa shape index (κ2) is 9.01. The van der Waals surface area contributed by atoms with Gasteiger partial charge >= 0.3 is 6.09 Å². The molecule has 1 spiro atoms. The Labute approximate surface area is 216 Å². The summed E-state index contributed by atoms with van der Waals surface area (Å²) in [5.74, 6) is 1.20. The number of aromatic nitrogens is 2. The summed E-state index contributed by atoms with van der Waals surface area (Å²) in [4.78, 5) is 25.8. The van der Waals surface area contributed by atoms with E-state index in [-0.39, 0.29) is 6.09 Å². The molecule has 2 saturated heterocycles. The van der Waals surface area contributed by atoms with Gasteiger partial charge in [-0.05, 0) is 66.2 Å². The number of hydrogen-bond donors (Lipinski definition) is 1. The van der Waals surface area contributed by atoms with Crippen LogP contribution < -0.4 is 15.0 Å². The molecule has 0 saturated carbocycles. The minimum Gasteiger partial charge on any atom is -0.494 e.